The Labute approximate surface area is 114 Å². The Hall–Kier alpha value is -1.30. The number of carbonyl (C=O) groups is 2. The van der Waals surface area contributed by atoms with Crippen LogP contribution in [0.25, 0.3) is 0 Å². The Bertz CT molecular complexity index is 353. The third-order valence-electron chi connectivity index (χ3n) is 4.19. The van der Waals surface area contributed by atoms with Crippen molar-refractivity contribution in [2.45, 2.75) is 25.8 Å². The van der Waals surface area contributed by atoms with E-state index in [0.29, 0.717) is 25.9 Å². The zero-order valence-electron chi connectivity index (χ0n) is 11.7. The summed E-state index contributed by atoms with van der Waals surface area (Å²) in [5, 5.41) is 8.96. The molecule has 2 fully saturated rings. The molecule has 0 spiro atoms. The highest BCUT2D eigenvalue weighted by Crippen LogP contribution is 2.20. The van der Waals surface area contributed by atoms with Crippen molar-refractivity contribution in [3.63, 3.8) is 0 Å². The molecule has 2 heterocycles. The van der Waals surface area contributed by atoms with Crippen molar-refractivity contribution >= 4 is 12.0 Å². The lowest BCUT2D eigenvalue weighted by molar-refractivity contribution is -0.143. The summed E-state index contributed by atoms with van der Waals surface area (Å²) in [6.07, 6.45) is 1.15. The monoisotopic (exact) mass is 269 g/mol. The van der Waals surface area contributed by atoms with Crippen molar-refractivity contribution in [2.75, 3.05) is 39.8 Å². The maximum absolute atomic E-state index is 12.4. The maximum Gasteiger partial charge on any atom is 0.320 e. The first-order valence-electron chi connectivity index (χ1n) is 6.96. The molecule has 2 aliphatic heterocycles. The summed E-state index contributed by atoms with van der Waals surface area (Å²) in [6, 6.07) is 0.299. The maximum atomic E-state index is 12.4. The number of hydrogen-bond donors (Lipinski definition) is 1. The van der Waals surface area contributed by atoms with E-state index in [4.69, 9.17) is 5.11 Å². The molecule has 0 aromatic rings. The van der Waals surface area contributed by atoms with E-state index >= 15 is 0 Å². The number of carboxylic acids is 1. The van der Waals surface area contributed by atoms with Crippen LogP contribution in [-0.4, -0.2) is 77.6 Å². The van der Waals surface area contributed by atoms with E-state index < -0.39 is 5.97 Å². The fourth-order valence-corrected chi connectivity index (χ4v) is 2.92. The smallest absolute Gasteiger partial charge is 0.320 e. The number of piperazine rings is 1. The molecule has 0 saturated carbocycles. The first-order chi connectivity index (χ1) is 8.99. The number of aliphatic carboxylic acids is 1. The van der Waals surface area contributed by atoms with Gasteiger partial charge in [0.05, 0.1) is 5.92 Å². The SMILES string of the molecule is CC1CN(C)CCN1C(=O)N1CCC(C(=O)O)CC1. The van der Waals surface area contributed by atoms with Crippen LogP contribution in [0, 0.1) is 5.92 Å². The third-order valence-corrected chi connectivity index (χ3v) is 4.19. The largest absolute Gasteiger partial charge is 0.481 e. The molecule has 2 saturated heterocycles. The molecule has 0 aromatic heterocycles. The molecule has 0 radical (unpaired) electrons. The molecular formula is C13H23N3O3. The van der Waals surface area contributed by atoms with E-state index in [-0.39, 0.29) is 18.0 Å². The van der Waals surface area contributed by atoms with Crippen molar-refractivity contribution in [3.05, 3.63) is 0 Å². The van der Waals surface area contributed by atoms with Crippen LogP contribution >= 0.6 is 0 Å². The number of nitrogens with zero attached hydrogens (tertiary/aromatic N) is 3. The van der Waals surface area contributed by atoms with Crippen molar-refractivity contribution in [2.24, 2.45) is 5.92 Å². The van der Waals surface area contributed by atoms with Crippen LogP contribution in [0.3, 0.4) is 0 Å². The van der Waals surface area contributed by atoms with E-state index in [9.17, 15) is 9.59 Å². The van der Waals surface area contributed by atoms with Crippen LogP contribution in [0.5, 0.6) is 0 Å². The van der Waals surface area contributed by atoms with Gasteiger partial charge in [-0.25, -0.2) is 4.79 Å². The minimum Gasteiger partial charge on any atom is -0.481 e. The van der Waals surface area contributed by atoms with Gasteiger partial charge < -0.3 is 19.8 Å². The number of carboxylic acid groups (broad SMARTS) is 1. The lowest BCUT2D eigenvalue weighted by Gasteiger charge is -2.42. The van der Waals surface area contributed by atoms with Gasteiger partial charge in [0, 0.05) is 38.8 Å². The molecule has 2 aliphatic rings. The molecule has 1 N–H and O–H groups in total. The molecule has 0 aliphatic carbocycles. The van der Waals surface area contributed by atoms with Crippen LogP contribution < -0.4 is 0 Å². The van der Waals surface area contributed by atoms with Gasteiger partial charge in [-0.1, -0.05) is 0 Å². The average Bonchev–Trinajstić information content (AvgIpc) is 2.38. The molecule has 6 heteroatoms. The predicted octanol–water partition coefficient (Wildman–Crippen LogP) is 0.539. The van der Waals surface area contributed by atoms with E-state index in [1.807, 2.05) is 4.90 Å². The summed E-state index contributed by atoms with van der Waals surface area (Å²) >= 11 is 0. The van der Waals surface area contributed by atoms with Gasteiger partial charge in [0.2, 0.25) is 0 Å². The van der Waals surface area contributed by atoms with Gasteiger partial charge in [-0.05, 0) is 26.8 Å². The first kappa shape index (κ1) is 14.1. The van der Waals surface area contributed by atoms with E-state index in [0.717, 1.165) is 19.6 Å². The van der Waals surface area contributed by atoms with E-state index in [1.54, 1.807) is 4.90 Å². The highest BCUT2D eigenvalue weighted by molar-refractivity contribution is 5.76. The van der Waals surface area contributed by atoms with Gasteiger partial charge in [-0.3, -0.25) is 4.79 Å². The fourth-order valence-electron chi connectivity index (χ4n) is 2.92. The van der Waals surface area contributed by atoms with Crippen molar-refractivity contribution in [1.82, 2.24) is 14.7 Å². The van der Waals surface area contributed by atoms with Crippen LogP contribution in [0.1, 0.15) is 19.8 Å². The van der Waals surface area contributed by atoms with Gasteiger partial charge in [0.25, 0.3) is 0 Å². The summed E-state index contributed by atoms with van der Waals surface area (Å²) in [6.45, 7) is 5.76. The van der Waals surface area contributed by atoms with Gasteiger partial charge in [-0.2, -0.15) is 0 Å². The predicted molar refractivity (Wildman–Crippen MR) is 71.0 cm³/mol. The van der Waals surface area contributed by atoms with Crippen LogP contribution in [-0.2, 0) is 4.79 Å². The Balaban J connectivity index is 1.89. The second-order valence-electron chi connectivity index (χ2n) is 5.69. The molecule has 19 heavy (non-hydrogen) atoms. The van der Waals surface area contributed by atoms with Crippen LogP contribution in [0.2, 0.25) is 0 Å². The minimum absolute atomic E-state index is 0.0736. The summed E-state index contributed by atoms with van der Waals surface area (Å²) in [5.41, 5.74) is 0. The number of urea groups is 1. The summed E-state index contributed by atoms with van der Waals surface area (Å²) in [5.74, 6) is -1.02. The summed E-state index contributed by atoms with van der Waals surface area (Å²) in [7, 11) is 2.07. The van der Waals surface area contributed by atoms with Crippen molar-refractivity contribution in [1.29, 1.82) is 0 Å². The zero-order valence-corrected chi connectivity index (χ0v) is 11.7. The number of carbonyl (C=O) groups excluding carboxylic acids is 1. The molecular weight excluding hydrogens is 246 g/mol. The molecule has 0 bridgehead atoms. The molecule has 1 atom stereocenters. The highest BCUT2D eigenvalue weighted by Gasteiger charge is 2.32. The Morgan fingerprint density at radius 3 is 2.26 bits per heavy atom. The van der Waals surface area contributed by atoms with Gasteiger partial charge >= 0.3 is 12.0 Å². The standard InChI is InChI=1S/C13H23N3O3/c1-10-9-14(2)7-8-16(10)13(19)15-5-3-11(4-6-15)12(17)18/h10-11H,3-9H2,1-2H3,(H,17,18). The van der Waals surface area contributed by atoms with E-state index in [1.165, 1.54) is 0 Å². The highest BCUT2D eigenvalue weighted by atomic mass is 16.4. The van der Waals surface area contributed by atoms with Gasteiger partial charge in [0.1, 0.15) is 0 Å². The summed E-state index contributed by atoms with van der Waals surface area (Å²) in [4.78, 5) is 29.3. The van der Waals surface area contributed by atoms with Crippen LogP contribution in [0.15, 0.2) is 0 Å². The normalized spacial score (nSPS) is 26.5. The van der Waals surface area contributed by atoms with Crippen LogP contribution in [0.4, 0.5) is 4.79 Å². The van der Waals surface area contributed by atoms with E-state index in [2.05, 4.69) is 18.9 Å². The van der Waals surface area contributed by atoms with Crippen molar-refractivity contribution < 1.29 is 14.7 Å². The minimum atomic E-state index is -0.736. The topological polar surface area (TPSA) is 64.1 Å². The Morgan fingerprint density at radius 1 is 1.11 bits per heavy atom. The summed E-state index contributed by atoms with van der Waals surface area (Å²) < 4.78 is 0. The number of amides is 2. The second-order valence-corrected chi connectivity index (χ2v) is 5.69. The molecule has 6 nitrogen and oxygen atoms in total. The zero-order chi connectivity index (χ0) is 14.0. The Kier molecular flexibility index (Phi) is 4.29. The number of likely N-dealkylation sites (tertiary alicyclic amines) is 1. The number of piperidine rings is 1. The first-order valence-corrected chi connectivity index (χ1v) is 6.96. The van der Waals surface area contributed by atoms with Crippen molar-refractivity contribution in [3.8, 4) is 0 Å². The molecule has 2 rings (SSSR count). The number of hydrogen-bond acceptors (Lipinski definition) is 3. The lowest BCUT2D eigenvalue weighted by Crippen LogP contribution is -2.57. The number of likely N-dealkylation sites (N-methyl/N-ethyl adjacent to an activating group) is 1. The third kappa shape index (κ3) is 3.18. The second kappa shape index (κ2) is 5.77. The quantitative estimate of drug-likeness (QED) is 0.754. The number of rotatable bonds is 1. The van der Waals surface area contributed by atoms with Gasteiger partial charge in [-0.15, -0.1) is 0 Å². The lowest BCUT2D eigenvalue weighted by atomic mass is 9.97. The molecule has 108 valence electrons. The molecule has 0 aromatic carbocycles. The van der Waals surface area contributed by atoms with Gasteiger partial charge in [0.15, 0.2) is 0 Å². The fraction of sp³-hybridized carbons (Fsp3) is 0.846. The molecule has 1 unspecified atom stereocenters. The molecule has 2 amide bonds. The Morgan fingerprint density at radius 2 is 1.74 bits per heavy atom. The average molecular weight is 269 g/mol.